The summed E-state index contributed by atoms with van der Waals surface area (Å²) in [6.45, 7) is 4.33. The molecule has 2 amide bonds. The Morgan fingerprint density at radius 2 is 2.14 bits per heavy atom. The molecule has 0 aromatic heterocycles. The molecule has 3 N–H and O–H groups in total. The molecular formula is C16H29N3O3. The number of piperidine rings is 1. The van der Waals surface area contributed by atoms with Crippen molar-refractivity contribution in [2.75, 3.05) is 26.2 Å². The lowest BCUT2D eigenvalue weighted by atomic mass is 9.96. The van der Waals surface area contributed by atoms with Crippen molar-refractivity contribution in [3.8, 4) is 0 Å². The highest BCUT2D eigenvalue weighted by Crippen LogP contribution is 2.24. The quantitative estimate of drug-likeness (QED) is 0.754. The van der Waals surface area contributed by atoms with E-state index in [4.69, 9.17) is 10.5 Å². The van der Waals surface area contributed by atoms with Crippen LogP contribution < -0.4 is 11.1 Å². The fourth-order valence-corrected chi connectivity index (χ4v) is 3.30. The molecule has 6 nitrogen and oxygen atoms in total. The van der Waals surface area contributed by atoms with Gasteiger partial charge in [0.1, 0.15) is 0 Å². The molecule has 2 rings (SSSR count). The number of amides is 2. The predicted molar refractivity (Wildman–Crippen MR) is 84.2 cm³/mol. The van der Waals surface area contributed by atoms with Crippen LogP contribution in [0.3, 0.4) is 0 Å². The summed E-state index contributed by atoms with van der Waals surface area (Å²) in [6, 6.07) is 0. The molecule has 2 fully saturated rings. The van der Waals surface area contributed by atoms with Crippen LogP contribution in [0, 0.1) is 5.92 Å². The second kappa shape index (κ2) is 8.48. The number of nitrogens with one attached hydrogen (secondary N) is 1. The van der Waals surface area contributed by atoms with Gasteiger partial charge in [0.05, 0.1) is 18.1 Å². The Kier molecular flexibility index (Phi) is 6.64. The fraction of sp³-hybridized carbons (Fsp3) is 0.875. The first-order valence-electron chi connectivity index (χ1n) is 8.51. The van der Waals surface area contributed by atoms with Crippen LogP contribution in [0.4, 0.5) is 0 Å². The topological polar surface area (TPSA) is 84.7 Å². The van der Waals surface area contributed by atoms with E-state index in [-0.39, 0.29) is 23.8 Å². The summed E-state index contributed by atoms with van der Waals surface area (Å²) in [4.78, 5) is 26.2. The molecule has 22 heavy (non-hydrogen) atoms. The summed E-state index contributed by atoms with van der Waals surface area (Å²) in [5.41, 5.74) is 5.40. The van der Waals surface area contributed by atoms with Crippen LogP contribution in [0.15, 0.2) is 0 Å². The maximum Gasteiger partial charge on any atom is 0.224 e. The molecule has 2 saturated heterocycles. The molecule has 0 radical (unpaired) electrons. The van der Waals surface area contributed by atoms with Crippen molar-refractivity contribution in [1.82, 2.24) is 10.2 Å². The third-order valence-electron chi connectivity index (χ3n) is 4.59. The van der Waals surface area contributed by atoms with Crippen molar-refractivity contribution in [2.45, 2.75) is 57.7 Å². The SMILES string of the molecule is CC1CCC(CCC(=O)N2CCCC(C(=O)NCCN)C2)O1. The minimum Gasteiger partial charge on any atom is -0.375 e. The van der Waals surface area contributed by atoms with E-state index in [1.807, 2.05) is 4.90 Å². The number of nitrogens with two attached hydrogens (primary N) is 1. The van der Waals surface area contributed by atoms with Gasteiger partial charge in [-0.2, -0.15) is 0 Å². The maximum atomic E-state index is 12.3. The Morgan fingerprint density at radius 1 is 1.32 bits per heavy atom. The first-order chi connectivity index (χ1) is 10.6. The van der Waals surface area contributed by atoms with Crippen LogP contribution in [0.5, 0.6) is 0 Å². The Labute approximate surface area is 132 Å². The number of nitrogens with zero attached hydrogens (tertiary/aromatic N) is 1. The summed E-state index contributed by atoms with van der Waals surface area (Å²) < 4.78 is 5.76. The first-order valence-corrected chi connectivity index (χ1v) is 8.51. The van der Waals surface area contributed by atoms with Gasteiger partial charge in [-0.1, -0.05) is 0 Å². The molecule has 2 aliphatic rings. The molecule has 0 aliphatic carbocycles. The lowest BCUT2D eigenvalue weighted by Crippen LogP contribution is -2.46. The summed E-state index contributed by atoms with van der Waals surface area (Å²) in [6.07, 6.45) is 5.76. The molecule has 0 saturated carbocycles. The summed E-state index contributed by atoms with van der Waals surface area (Å²) in [5, 5.41) is 2.82. The van der Waals surface area contributed by atoms with Gasteiger partial charge >= 0.3 is 0 Å². The zero-order valence-corrected chi connectivity index (χ0v) is 13.6. The largest absolute Gasteiger partial charge is 0.375 e. The average Bonchev–Trinajstić information content (AvgIpc) is 2.96. The van der Waals surface area contributed by atoms with E-state index in [1.165, 1.54) is 0 Å². The Hall–Kier alpha value is -1.14. The number of likely N-dealkylation sites (tertiary alicyclic amines) is 1. The van der Waals surface area contributed by atoms with Crippen LogP contribution in [0.25, 0.3) is 0 Å². The van der Waals surface area contributed by atoms with E-state index >= 15 is 0 Å². The number of carbonyl (C=O) groups is 2. The van der Waals surface area contributed by atoms with Crippen molar-refractivity contribution in [3.63, 3.8) is 0 Å². The minimum absolute atomic E-state index is 0.0240. The Morgan fingerprint density at radius 3 is 2.82 bits per heavy atom. The van der Waals surface area contributed by atoms with Crippen LogP contribution in [0.2, 0.25) is 0 Å². The summed E-state index contributed by atoms with van der Waals surface area (Å²) >= 11 is 0. The lowest BCUT2D eigenvalue weighted by Gasteiger charge is -2.32. The Balaban J connectivity index is 1.73. The monoisotopic (exact) mass is 311 g/mol. The minimum atomic E-state index is -0.0907. The van der Waals surface area contributed by atoms with E-state index in [0.29, 0.717) is 32.2 Å². The zero-order valence-electron chi connectivity index (χ0n) is 13.6. The molecule has 0 aromatic rings. The third-order valence-corrected chi connectivity index (χ3v) is 4.59. The molecule has 0 spiro atoms. The van der Waals surface area contributed by atoms with Gasteiger partial charge in [-0.05, 0) is 39.0 Å². The van der Waals surface area contributed by atoms with Crippen molar-refractivity contribution >= 4 is 11.8 Å². The van der Waals surface area contributed by atoms with Gasteiger partial charge in [0, 0.05) is 32.6 Å². The number of ether oxygens (including phenoxy) is 1. The lowest BCUT2D eigenvalue weighted by molar-refractivity contribution is -0.136. The molecule has 2 heterocycles. The normalized spacial score (nSPS) is 28.6. The molecule has 2 aliphatic heterocycles. The maximum absolute atomic E-state index is 12.3. The average molecular weight is 311 g/mol. The number of hydrogen-bond donors (Lipinski definition) is 2. The van der Waals surface area contributed by atoms with E-state index in [1.54, 1.807) is 0 Å². The van der Waals surface area contributed by atoms with Crippen LogP contribution in [-0.2, 0) is 14.3 Å². The zero-order chi connectivity index (χ0) is 15.9. The highest BCUT2D eigenvalue weighted by molar-refractivity contribution is 5.81. The highest BCUT2D eigenvalue weighted by atomic mass is 16.5. The fourth-order valence-electron chi connectivity index (χ4n) is 3.30. The van der Waals surface area contributed by atoms with E-state index in [2.05, 4.69) is 12.2 Å². The second-order valence-corrected chi connectivity index (χ2v) is 6.44. The molecule has 0 aromatic carbocycles. The molecule has 3 atom stereocenters. The molecule has 6 heteroatoms. The number of rotatable bonds is 6. The van der Waals surface area contributed by atoms with E-state index in [9.17, 15) is 9.59 Å². The van der Waals surface area contributed by atoms with Gasteiger partial charge in [-0.25, -0.2) is 0 Å². The standard InChI is InChI=1S/C16H29N3O3/c1-12-4-5-14(22-12)6-7-15(20)19-10-2-3-13(11-19)16(21)18-9-8-17/h12-14H,2-11,17H2,1H3,(H,18,21). The number of carbonyl (C=O) groups excluding carboxylic acids is 2. The van der Waals surface area contributed by atoms with Crippen molar-refractivity contribution < 1.29 is 14.3 Å². The van der Waals surface area contributed by atoms with Crippen molar-refractivity contribution in [3.05, 3.63) is 0 Å². The van der Waals surface area contributed by atoms with Gasteiger partial charge in [-0.15, -0.1) is 0 Å². The van der Waals surface area contributed by atoms with Crippen LogP contribution >= 0.6 is 0 Å². The van der Waals surface area contributed by atoms with Crippen LogP contribution in [-0.4, -0.2) is 55.1 Å². The van der Waals surface area contributed by atoms with Gasteiger partial charge in [-0.3, -0.25) is 9.59 Å². The molecular weight excluding hydrogens is 282 g/mol. The van der Waals surface area contributed by atoms with Gasteiger partial charge < -0.3 is 20.7 Å². The first kappa shape index (κ1) is 17.2. The van der Waals surface area contributed by atoms with Gasteiger partial charge in [0.25, 0.3) is 0 Å². The van der Waals surface area contributed by atoms with Gasteiger partial charge in [0.2, 0.25) is 11.8 Å². The summed E-state index contributed by atoms with van der Waals surface area (Å²) in [7, 11) is 0. The van der Waals surface area contributed by atoms with E-state index < -0.39 is 0 Å². The molecule has 126 valence electrons. The summed E-state index contributed by atoms with van der Waals surface area (Å²) in [5.74, 6) is 0.0855. The predicted octanol–water partition coefficient (Wildman–Crippen LogP) is 0.648. The smallest absolute Gasteiger partial charge is 0.224 e. The Bertz CT molecular complexity index is 389. The second-order valence-electron chi connectivity index (χ2n) is 6.44. The number of hydrogen-bond acceptors (Lipinski definition) is 4. The highest BCUT2D eigenvalue weighted by Gasteiger charge is 2.29. The van der Waals surface area contributed by atoms with Gasteiger partial charge in [0.15, 0.2) is 0 Å². The third kappa shape index (κ3) is 4.95. The van der Waals surface area contributed by atoms with E-state index in [0.717, 1.165) is 38.6 Å². The molecule has 3 unspecified atom stereocenters. The van der Waals surface area contributed by atoms with Crippen LogP contribution in [0.1, 0.15) is 45.4 Å². The van der Waals surface area contributed by atoms with Crippen molar-refractivity contribution in [2.24, 2.45) is 11.7 Å². The van der Waals surface area contributed by atoms with Crippen molar-refractivity contribution in [1.29, 1.82) is 0 Å². The molecule has 0 bridgehead atoms.